The number of anilines is 2. The van der Waals surface area contributed by atoms with Crippen LogP contribution < -0.4 is 9.80 Å². The predicted octanol–water partition coefficient (Wildman–Crippen LogP) is 3.28. The minimum Gasteiger partial charge on any atom is -0.370 e. The van der Waals surface area contributed by atoms with E-state index in [1.165, 1.54) is 27.7 Å². The minimum absolute atomic E-state index is 0.914. The molecule has 92 valence electrons. The zero-order valence-electron chi connectivity index (χ0n) is 11.0. The molecule has 0 aromatic heterocycles. The Balaban J connectivity index is 2.35. The van der Waals surface area contributed by atoms with Gasteiger partial charge in [-0.25, -0.2) is 0 Å². The first-order valence-electron chi connectivity index (χ1n) is 6.27. The molecule has 18 heavy (non-hydrogen) atoms. The molecule has 0 unspecified atom stereocenters. The smallest absolute Gasteiger partial charge is 0.0467 e. The van der Waals surface area contributed by atoms with Gasteiger partial charge >= 0.3 is 0 Å². The van der Waals surface area contributed by atoms with Crippen molar-refractivity contribution in [1.29, 1.82) is 0 Å². The van der Waals surface area contributed by atoms with E-state index in [1.54, 1.807) is 0 Å². The molecule has 1 aliphatic rings. The Hall–Kier alpha value is -1.96. The fourth-order valence-corrected chi connectivity index (χ4v) is 2.83. The van der Waals surface area contributed by atoms with Crippen LogP contribution in [-0.2, 0) is 0 Å². The van der Waals surface area contributed by atoms with Gasteiger partial charge in [0.2, 0.25) is 0 Å². The molecule has 3 rings (SSSR count). The summed E-state index contributed by atoms with van der Waals surface area (Å²) in [5.74, 6) is 0. The normalized spacial score (nSPS) is 15.8. The van der Waals surface area contributed by atoms with E-state index in [1.807, 2.05) is 0 Å². The molecule has 0 spiro atoms. The molecule has 0 bridgehead atoms. The number of hydrogen-bond acceptors (Lipinski definition) is 2. The molecule has 0 radical (unpaired) electrons. The molecule has 0 aliphatic carbocycles. The standard InChI is InChI=1S/C16H18N2/c1-12-10-17(2)14-8-4-6-13-7-5-9-15(16(13)14)18(3)11-12/h4-9H,1,10-11H2,2-3H3. The van der Waals surface area contributed by atoms with Gasteiger partial charge in [-0.3, -0.25) is 0 Å². The third-order valence-corrected chi connectivity index (χ3v) is 3.60. The van der Waals surface area contributed by atoms with Crippen molar-refractivity contribution in [1.82, 2.24) is 0 Å². The Morgan fingerprint density at radius 2 is 1.39 bits per heavy atom. The maximum Gasteiger partial charge on any atom is 0.0467 e. The number of nitrogens with zero attached hydrogens (tertiary/aromatic N) is 2. The first kappa shape index (κ1) is 11.1. The third kappa shape index (κ3) is 1.65. The van der Waals surface area contributed by atoms with Crippen LogP contribution >= 0.6 is 0 Å². The lowest BCUT2D eigenvalue weighted by Crippen LogP contribution is -2.30. The van der Waals surface area contributed by atoms with E-state index in [4.69, 9.17) is 0 Å². The van der Waals surface area contributed by atoms with Crippen LogP contribution in [0.2, 0.25) is 0 Å². The zero-order chi connectivity index (χ0) is 12.7. The van der Waals surface area contributed by atoms with Gasteiger partial charge in [-0.2, -0.15) is 0 Å². The molecule has 0 atom stereocenters. The molecular weight excluding hydrogens is 220 g/mol. The van der Waals surface area contributed by atoms with Crippen molar-refractivity contribution in [3.05, 3.63) is 48.6 Å². The molecule has 2 heteroatoms. The van der Waals surface area contributed by atoms with Crippen molar-refractivity contribution in [2.24, 2.45) is 0 Å². The molecular formula is C16H18N2. The highest BCUT2D eigenvalue weighted by Crippen LogP contribution is 2.36. The summed E-state index contributed by atoms with van der Waals surface area (Å²) in [6.45, 7) is 6.00. The number of rotatable bonds is 0. The fraction of sp³-hybridized carbons (Fsp3) is 0.250. The molecule has 0 amide bonds. The maximum atomic E-state index is 4.17. The summed E-state index contributed by atoms with van der Waals surface area (Å²) in [6.07, 6.45) is 0. The van der Waals surface area contributed by atoms with Crippen molar-refractivity contribution in [2.75, 3.05) is 37.0 Å². The van der Waals surface area contributed by atoms with Gasteiger partial charge in [-0.05, 0) is 23.1 Å². The number of hydrogen-bond donors (Lipinski definition) is 0. The molecule has 0 saturated carbocycles. The molecule has 1 heterocycles. The number of likely N-dealkylation sites (N-methyl/N-ethyl adjacent to an activating group) is 2. The van der Waals surface area contributed by atoms with E-state index in [2.05, 4.69) is 66.9 Å². The van der Waals surface area contributed by atoms with E-state index >= 15 is 0 Å². The second kappa shape index (κ2) is 4.05. The van der Waals surface area contributed by atoms with Crippen LogP contribution in [-0.4, -0.2) is 27.2 Å². The lowest BCUT2D eigenvalue weighted by Gasteiger charge is -2.31. The van der Waals surface area contributed by atoms with Crippen molar-refractivity contribution in [3.8, 4) is 0 Å². The van der Waals surface area contributed by atoms with Crippen molar-refractivity contribution in [3.63, 3.8) is 0 Å². The monoisotopic (exact) mass is 238 g/mol. The summed E-state index contributed by atoms with van der Waals surface area (Å²) in [5, 5.41) is 2.65. The first-order chi connectivity index (χ1) is 8.66. The number of benzene rings is 2. The van der Waals surface area contributed by atoms with E-state index in [9.17, 15) is 0 Å². The summed E-state index contributed by atoms with van der Waals surface area (Å²) < 4.78 is 0. The highest BCUT2D eigenvalue weighted by molar-refractivity contribution is 6.04. The molecule has 2 nitrogen and oxygen atoms in total. The summed E-state index contributed by atoms with van der Waals surface area (Å²) >= 11 is 0. The highest BCUT2D eigenvalue weighted by atomic mass is 15.1. The summed E-state index contributed by atoms with van der Waals surface area (Å²) in [7, 11) is 4.28. The Bertz CT molecular complexity index is 567. The Kier molecular flexibility index (Phi) is 2.51. The van der Waals surface area contributed by atoms with Gasteiger partial charge in [-0.1, -0.05) is 30.8 Å². The van der Waals surface area contributed by atoms with E-state index in [0.717, 1.165) is 13.1 Å². The molecule has 0 saturated heterocycles. The molecule has 0 N–H and O–H groups in total. The van der Waals surface area contributed by atoms with Crippen molar-refractivity contribution < 1.29 is 0 Å². The largest absolute Gasteiger partial charge is 0.370 e. The molecule has 1 aliphatic heterocycles. The van der Waals surface area contributed by atoms with Crippen molar-refractivity contribution >= 4 is 22.1 Å². The predicted molar refractivity (Wildman–Crippen MR) is 79.6 cm³/mol. The van der Waals surface area contributed by atoms with Gasteiger partial charge in [0.15, 0.2) is 0 Å². The van der Waals surface area contributed by atoms with Crippen LogP contribution in [0, 0.1) is 0 Å². The van der Waals surface area contributed by atoms with Crippen LogP contribution in [0.3, 0.4) is 0 Å². The first-order valence-corrected chi connectivity index (χ1v) is 6.27. The van der Waals surface area contributed by atoms with E-state index in [-0.39, 0.29) is 0 Å². The average molecular weight is 238 g/mol. The lowest BCUT2D eigenvalue weighted by atomic mass is 10.0. The molecule has 2 aromatic carbocycles. The minimum atomic E-state index is 0.914. The van der Waals surface area contributed by atoms with Crippen molar-refractivity contribution in [2.45, 2.75) is 0 Å². The van der Waals surface area contributed by atoms with Gasteiger partial charge in [-0.15, -0.1) is 0 Å². The topological polar surface area (TPSA) is 6.48 Å². The summed E-state index contributed by atoms with van der Waals surface area (Å²) in [6, 6.07) is 13.0. The van der Waals surface area contributed by atoms with Gasteiger partial charge in [0.1, 0.15) is 0 Å². The Labute approximate surface area is 108 Å². The van der Waals surface area contributed by atoms with Crippen LogP contribution in [0.5, 0.6) is 0 Å². The Morgan fingerprint density at radius 1 is 0.889 bits per heavy atom. The van der Waals surface area contributed by atoms with Crippen LogP contribution in [0.1, 0.15) is 0 Å². The second-order valence-corrected chi connectivity index (χ2v) is 5.11. The van der Waals surface area contributed by atoms with Gasteiger partial charge in [0.25, 0.3) is 0 Å². The fourth-order valence-electron chi connectivity index (χ4n) is 2.83. The Morgan fingerprint density at radius 3 is 1.89 bits per heavy atom. The maximum absolute atomic E-state index is 4.17. The van der Waals surface area contributed by atoms with Gasteiger partial charge in [0, 0.05) is 43.9 Å². The van der Waals surface area contributed by atoms with Gasteiger partial charge in [0.05, 0.1) is 0 Å². The SMILES string of the molecule is C=C1CN(C)c2cccc3cccc(c23)N(C)C1. The van der Waals surface area contributed by atoms with Crippen LogP contribution in [0.25, 0.3) is 10.8 Å². The van der Waals surface area contributed by atoms with Gasteiger partial charge < -0.3 is 9.80 Å². The van der Waals surface area contributed by atoms with Crippen LogP contribution in [0.15, 0.2) is 48.6 Å². The summed E-state index contributed by atoms with van der Waals surface area (Å²) in [5.41, 5.74) is 3.82. The highest BCUT2D eigenvalue weighted by Gasteiger charge is 2.16. The average Bonchev–Trinajstić information content (AvgIpc) is 2.35. The van der Waals surface area contributed by atoms with E-state index < -0.39 is 0 Å². The quantitative estimate of drug-likeness (QED) is 0.650. The molecule has 2 aromatic rings. The van der Waals surface area contributed by atoms with E-state index in [0.29, 0.717) is 0 Å². The van der Waals surface area contributed by atoms with Crippen LogP contribution in [0.4, 0.5) is 11.4 Å². The second-order valence-electron chi connectivity index (χ2n) is 5.11. The molecule has 0 fully saturated rings. The third-order valence-electron chi connectivity index (χ3n) is 3.60. The summed E-state index contributed by atoms with van der Waals surface area (Å²) in [4.78, 5) is 4.59. The zero-order valence-corrected chi connectivity index (χ0v) is 11.0. The lowest BCUT2D eigenvalue weighted by molar-refractivity contribution is 0.899.